The average molecular weight is 356 g/mol. The van der Waals surface area contributed by atoms with Crippen molar-refractivity contribution >= 4 is 15.9 Å². The van der Waals surface area contributed by atoms with Gasteiger partial charge in [-0.25, -0.2) is 4.39 Å². The summed E-state index contributed by atoms with van der Waals surface area (Å²) in [6.45, 7) is 7.68. The van der Waals surface area contributed by atoms with Crippen LogP contribution in [0.4, 0.5) is 4.39 Å². The highest BCUT2D eigenvalue weighted by Gasteiger charge is 2.26. The molecule has 1 aliphatic rings. The normalized spacial score (nSPS) is 18.1. The third-order valence-corrected chi connectivity index (χ3v) is 5.20. The van der Waals surface area contributed by atoms with Crippen LogP contribution in [0.3, 0.4) is 0 Å². The Bertz CT molecular complexity index is 461. The van der Waals surface area contributed by atoms with E-state index in [4.69, 9.17) is 0 Å². The SMILES string of the molecule is CC(C)(C)NCC(Cc1ccc(F)cc1Br)C1CCCC1. The van der Waals surface area contributed by atoms with Gasteiger partial charge in [-0.1, -0.05) is 47.7 Å². The van der Waals surface area contributed by atoms with E-state index in [2.05, 4.69) is 42.0 Å². The zero-order valence-corrected chi connectivity index (χ0v) is 15.0. The molecular formula is C18H27BrFN. The van der Waals surface area contributed by atoms with Crippen molar-refractivity contribution in [1.82, 2.24) is 5.32 Å². The van der Waals surface area contributed by atoms with Crippen molar-refractivity contribution in [2.45, 2.75) is 58.4 Å². The van der Waals surface area contributed by atoms with E-state index in [1.807, 2.05) is 6.07 Å². The molecular weight excluding hydrogens is 329 g/mol. The van der Waals surface area contributed by atoms with Crippen molar-refractivity contribution in [3.63, 3.8) is 0 Å². The molecule has 0 saturated heterocycles. The number of nitrogens with one attached hydrogen (secondary N) is 1. The van der Waals surface area contributed by atoms with Gasteiger partial charge in [0.15, 0.2) is 0 Å². The van der Waals surface area contributed by atoms with Gasteiger partial charge in [0.1, 0.15) is 5.82 Å². The molecule has 1 aliphatic carbocycles. The zero-order chi connectivity index (χ0) is 15.5. The summed E-state index contributed by atoms with van der Waals surface area (Å²) in [7, 11) is 0. The predicted octanol–water partition coefficient (Wildman–Crippen LogP) is 5.33. The molecule has 21 heavy (non-hydrogen) atoms. The van der Waals surface area contributed by atoms with E-state index in [1.54, 1.807) is 12.1 Å². The van der Waals surface area contributed by atoms with Gasteiger partial charge in [-0.05, 0) is 63.3 Å². The highest BCUT2D eigenvalue weighted by molar-refractivity contribution is 9.10. The standard InChI is InChI=1S/C18H27BrFN/c1-18(2,3)21-12-15(13-6-4-5-7-13)10-14-8-9-16(20)11-17(14)19/h8-9,11,13,15,21H,4-7,10,12H2,1-3H3. The summed E-state index contributed by atoms with van der Waals surface area (Å²) in [5.41, 5.74) is 1.38. The Morgan fingerprint density at radius 1 is 1.29 bits per heavy atom. The van der Waals surface area contributed by atoms with Gasteiger partial charge in [-0.3, -0.25) is 0 Å². The summed E-state index contributed by atoms with van der Waals surface area (Å²) in [5.74, 6) is 1.26. The van der Waals surface area contributed by atoms with Crippen LogP contribution in [0, 0.1) is 17.7 Å². The van der Waals surface area contributed by atoms with E-state index in [0.29, 0.717) is 5.92 Å². The zero-order valence-electron chi connectivity index (χ0n) is 13.4. The first-order valence-corrected chi connectivity index (χ1v) is 8.83. The van der Waals surface area contributed by atoms with Crippen LogP contribution in [0.5, 0.6) is 0 Å². The summed E-state index contributed by atoms with van der Waals surface area (Å²) < 4.78 is 14.2. The van der Waals surface area contributed by atoms with Crippen molar-refractivity contribution < 1.29 is 4.39 Å². The second-order valence-electron chi connectivity index (χ2n) is 7.38. The second kappa shape index (κ2) is 7.23. The fraction of sp³-hybridized carbons (Fsp3) is 0.667. The highest BCUT2D eigenvalue weighted by atomic mass is 79.9. The van der Waals surface area contributed by atoms with Crippen molar-refractivity contribution in [1.29, 1.82) is 0 Å². The van der Waals surface area contributed by atoms with Crippen molar-refractivity contribution in [3.8, 4) is 0 Å². The van der Waals surface area contributed by atoms with E-state index in [0.717, 1.165) is 23.4 Å². The van der Waals surface area contributed by atoms with Crippen LogP contribution in [0.25, 0.3) is 0 Å². The molecule has 2 rings (SSSR count). The minimum atomic E-state index is -0.171. The molecule has 0 aromatic heterocycles. The Kier molecular flexibility index (Phi) is 5.84. The summed E-state index contributed by atoms with van der Waals surface area (Å²) in [4.78, 5) is 0. The van der Waals surface area contributed by atoms with Crippen molar-refractivity contribution in [2.24, 2.45) is 11.8 Å². The lowest BCUT2D eigenvalue weighted by Gasteiger charge is -2.29. The number of halogens is 2. The molecule has 1 aromatic rings. The third-order valence-electron chi connectivity index (χ3n) is 4.46. The maximum Gasteiger partial charge on any atom is 0.124 e. The minimum Gasteiger partial charge on any atom is -0.312 e. The van der Waals surface area contributed by atoms with Crippen LogP contribution in [-0.4, -0.2) is 12.1 Å². The fourth-order valence-corrected chi connectivity index (χ4v) is 3.75. The molecule has 1 fully saturated rings. The Morgan fingerprint density at radius 2 is 1.95 bits per heavy atom. The Morgan fingerprint density at radius 3 is 2.52 bits per heavy atom. The quantitative estimate of drug-likeness (QED) is 0.752. The molecule has 118 valence electrons. The summed E-state index contributed by atoms with van der Waals surface area (Å²) >= 11 is 3.51. The van der Waals surface area contributed by atoms with Crippen LogP contribution >= 0.6 is 15.9 Å². The molecule has 0 bridgehead atoms. The molecule has 1 nitrogen and oxygen atoms in total. The topological polar surface area (TPSA) is 12.0 Å². The van der Waals surface area contributed by atoms with Crippen LogP contribution < -0.4 is 5.32 Å². The lowest BCUT2D eigenvalue weighted by molar-refractivity contribution is 0.286. The van der Waals surface area contributed by atoms with Gasteiger partial charge in [0.05, 0.1) is 0 Å². The summed E-state index contributed by atoms with van der Waals surface area (Å²) in [5, 5.41) is 3.66. The smallest absolute Gasteiger partial charge is 0.124 e. The van der Waals surface area contributed by atoms with Crippen LogP contribution in [0.1, 0.15) is 52.0 Å². The van der Waals surface area contributed by atoms with E-state index in [-0.39, 0.29) is 11.4 Å². The molecule has 0 heterocycles. The molecule has 0 aliphatic heterocycles. The summed E-state index contributed by atoms with van der Waals surface area (Å²) in [6, 6.07) is 5.08. The van der Waals surface area contributed by atoms with E-state index >= 15 is 0 Å². The Labute approximate surface area is 136 Å². The van der Waals surface area contributed by atoms with Crippen LogP contribution in [0.2, 0.25) is 0 Å². The maximum atomic E-state index is 13.2. The monoisotopic (exact) mass is 355 g/mol. The van der Waals surface area contributed by atoms with E-state index in [9.17, 15) is 4.39 Å². The molecule has 0 spiro atoms. The molecule has 1 unspecified atom stereocenters. The fourth-order valence-electron chi connectivity index (χ4n) is 3.24. The number of benzene rings is 1. The highest BCUT2D eigenvalue weighted by Crippen LogP contribution is 2.34. The maximum absolute atomic E-state index is 13.2. The van der Waals surface area contributed by atoms with E-state index < -0.39 is 0 Å². The van der Waals surface area contributed by atoms with E-state index in [1.165, 1.54) is 31.2 Å². The molecule has 0 amide bonds. The van der Waals surface area contributed by atoms with Gasteiger partial charge >= 0.3 is 0 Å². The van der Waals surface area contributed by atoms with Crippen LogP contribution in [0.15, 0.2) is 22.7 Å². The first kappa shape index (κ1) is 17.0. The molecule has 1 atom stereocenters. The Balaban J connectivity index is 2.07. The number of hydrogen-bond donors (Lipinski definition) is 1. The van der Waals surface area contributed by atoms with Gasteiger partial charge in [0, 0.05) is 10.0 Å². The van der Waals surface area contributed by atoms with Crippen LogP contribution in [-0.2, 0) is 6.42 Å². The minimum absolute atomic E-state index is 0.150. The molecule has 1 aromatic carbocycles. The van der Waals surface area contributed by atoms with Gasteiger partial charge in [0.25, 0.3) is 0 Å². The largest absolute Gasteiger partial charge is 0.312 e. The predicted molar refractivity (Wildman–Crippen MR) is 91.0 cm³/mol. The van der Waals surface area contributed by atoms with Crippen molar-refractivity contribution in [2.75, 3.05) is 6.54 Å². The number of hydrogen-bond acceptors (Lipinski definition) is 1. The Hall–Kier alpha value is -0.410. The van der Waals surface area contributed by atoms with Gasteiger partial charge < -0.3 is 5.32 Å². The van der Waals surface area contributed by atoms with Gasteiger partial charge in [0.2, 0.25) is 0 Å². The first-order valence-electron chi connectivity index (χ1n) is 8.04. The lowest BCUT2D eigenvalue weighted by atomic mass is 9.85. The second-order valence-corrected chi connectivity index (χ2v) is 8.23. The van der Waals surface area contributed by atoms with Gasteiger partial charge in [-0.15, -0.1) is 0 Å². The van der Waals surface area contributed by atoms with Gasteiger partial charge in [-0.2, -0.15) is 0 Å². The summed E-state index contributed by atoms with van der Waals surface area (Å²) in [6.07, 6.45) is 6.43. The third kappa shape index (κ3) is 5.37. The number of rotatable bonds is 5. The molecule has 0 radical (unpaired) electrons. The van der Waals surface area contributed by atoms with Crippen molar-refractivity contribution in [3.05, 3.63) is 34.1 Å². The molecule has 1 N–H and O–H groups in total. The molecule has 1 saturated carbocycles. The first-order chi connectivity index (χ1) is 9.85. The lowest BCUT2D eigenvalue weighted by Crippen LogP contribution is -2.41. The molecule has 3 heteroatoms. The average Bonchev–Trinajstić information content (AvgIpc) is 2.89.